The van der Waals surface area contributed by atoms with E-state index >= 15 is 0 Å². The monoisotopic (exact) mass is 437 g/mol. The van der Waals surface area contributed by atoms with Crippen molar-refractivity contribution in [3.05, 3.63) is 57.6 Å². The Hall–Kier alpha value is -3.50. The van der Waals surface area contributed by atoms with E-state index in [0.29, 0.717) is 22.0 Å². The van der Waals surface area contributed by atoms with Gasteiger partial charge in [-0.25, -0.2) is 4.98 Å². The molecular formula is C23H24ClN5O2. The lowest BCUT2D eigenvalue weighted by Crippen LogP contribution is -2.06. The minimum atomic E-state index is -0.00154. The zero-order valence-electron chi connectivity index (χ0n) is 17.9. The maximum absolute atomic E-state index is 9.49. The SMILES string of the molecule is COc1ccc(-c2nc(N)nc(N)c2C#N)cc1COc1cc(C)c(Cl)cc1C(C)C. The number of anilines is 2. The summed E-state index contributed by atoms with van der Waals surface area (Å²) >= 11 is 6.30. The Labute approximate surface area is 186 Å². The molecule has 160 valence electrons. The fourth-order valence-electron chi connectivity index (χ4n) is 3.26. The quantitative estimate of drug-likeness (QED) is 0.565. The summed E-state index contributed by atoms with van der Waals surface area (Å²) in [6.45, 7) is 6.36. The van der Waals surface area contributed by atoms with E-state index in [1.165, 1.54) is 0 Å². The van der Waals surface area contributed by atoms with Crippen molar-refractivity contribution in [3.63, 3.8) is 0 Å². The molecule has 7 nitrogen and oxygen atoms in total. The zero-order chi connectivity index (χ0) is 22.7. The van der Waals surface area contributed by atoms with Gasteiger partial charge in [-0.15, -0.1) is 0 Å². The molecule has 0 aliphatic rings. The predicted octanol–water partition coefficient (Wildman–Crippen LogP) is 4.85. The predicted molar refractivity (Wildman–Crippen MR) is 122 cm³/mol. The van der Waals surface area contributed by atoms with Gasteiger partial charge in [0.25, 0.3) is 0 Å². The van der Waals surface area contributed by atoms with Crippen molar-refractivity contribution in [2.24, 2.45) is 0 Å². The highest BCUT2D eigenvalue weighted by Gasteiger charge is 2.17. The van der Waals surface area contributed by atoms with Gasteiger partial charge in [0.2, 0.25) is 5.95 Å². The Morgan fingerprint density at radius 1 is 1.13 bits per heavy atom. The lowest BCUT2D eigenvalue weighted by Gasteiger charge is -2.17. The molecule has 3 rings (SSSR count). The van der Waals surface area contributed by atoms with Gasteiger partial charge < -0.3 is 20.9 Å². The molecule has 1 heterocycles. The standard InChI is InChI=1S/C23H24ClN5O2/c1-12(2)16-9-18(24)13(3)7-20(16)31-11-15-8-14(5-6-19(15)30-4)21-17(10-25)22(26)29-23(27)28-21/h5-9,12H,11H2,1-4H3,(H4,26,27,28,29). The molecule has 0 radical (unpaired) electrons. The number of aryl methyl sites for hydroxylation is 1. The molecule has 0 bridgehead atoms. The number of hydrogen-bond donors (Lipinski definition) is 2. The molecule has 3 aromatic rings. The number of rotatable bonds is 6. The topological polar surface area (TPSA) is 120 Å². The van der Waals surface area contributed by atoms with Crippen molar-refractivity contribution in [3.8, 4) is 28.8 Å². The van der Waals surface area contributed by atoms with Gasteiger partial charge in [0.15, 0.2) is 0 Å². The van der Waals surface area contributed by atoms with Crippen molar-refractivity contribution in [1.82, 2.24) is 9.97 Å². The van der Waals surface area contributed by atoms with Crippen molar-refractivity contribution < 1.29 is 9.47 Å². The summed E-state index contributed by atoms with van der Waals surface area (Å²) in [6, 6.07) is 11.4. The van der Waals surface area contributed by atoms with E-state index < -0.39 is 0 Å². The third-order valence-corrected chi connectivity index (χ3v) is 5.32. The third-order valence-electron chi connectivity index (χ3n) is 4.92. The minimum Gasteiger partial charge on any atom is -0.496 e. The van der Waals surface area contributed by atoms with Crippen molar-refractivity contribution >= 4 is 23.4 Å². The largest absolute Gasteiger partial charge is 0.496 e. The Morgan fingerprint density at radius 3 is 2.52 bits per heavy atom. The van der Waals surface area contributed by atoms with Crippen LogP contribution in [0.15, 0.2) is 30.3 Å². The summed E-state index contributed by atoms with van der Waals surface area (Å²) in [7, 11) is 1.59. The zero-order valence-corrected chi connectivity index (χ0v) is 18.6. The van der Waals surface area contributed by atoms with Crippen LogP contribution in [0, 0.1) is 18.3 Å². The second kappa shape index (κ2) is 9.11. The van der Waals surface area contributed by atoms with E-state index in [0.717, 1.165) is 22.4 Å². The molecule has 0 fully saturated rings. The molecule has 0 aliphatic heterocycles. The minimum absolute atomic E-state index is 0.00154. The van der Waals surface area contributed by atoms with Crippen LogP contribution in [0.3, 0.4) is 0 Å². The Kier molecular flexibility index (Phi) is 6.52. The van der Waals surface area contributed by atoms with Gasteiger partial charge in [-0.3, -0.25) is 0 Å². The van der Waals surface area contributed by atoms with Crippen molar-refractivity contribution in [2.75, 3.05) is 18.6 Å². The summed E-state index contributed by atoms with van der Waals surface area (Å²) in [5.74, 6) is 1.69. The van der Waals surface area contributed by atoms with E-state index in [9.17, 15) is 5.26 Å². The van der Waals surface area contributed by atoms with Crippen LogP contribution in [0.5, 0.6) is 11.5 Å². The van der Waals surface area contributed by atoms with Gasteiger partial charge in [-0.05, 0) is 54.3 Å². The highest BCUT2D eigenvalue weighted by molar-refractivity contribution is 6.31. The number of nitrogen functional groups attached to an aromatic ring is 2. The van der Waals surface area contributed by atoms with E-state index in [1.54, 1.807) is 19.2 Å². The number of nitrogens with zero attached hydrogens (tertiary/aromatic N) is 3. The van der Waals surface area contributed by atoms with E-state index in [2.05, 4.69) is 23.8 Å². The van der Waals surface area contributed by atoms with Gasteiger partial charge in [0, 0.05) is 16.1 Å². The molecule has 0 spiro atoms. The second-order valence-corrected chi connectivity index (χ2v) is 7.82. The number of aromatic nitrogens is 2. The van der Waals surface area contributed by atoms with E-state index in [4.69, 9.17) is 32.5 Å². The number of hydrogen-bond acceptors (Lipinski definition) is 7. The first-order valence-corrected chi connectivity index (χ1v) is 10.1. The van der Waals surface area contributed by atoms with Crippen LogP contribution in [-0.2, 0) is 6.61 Å². The summed E-state index contributed by atoms with van der Waals surface area (Å²) < 4.78 is 11.7. The van der Waals surface area contributed by atoms with Crippen LogP contribution in [0.25, 0.3) is 11.3 Å². The van der Waals surface area contributed by atoms with Crippen LogP contribution >= 0.6 is 11.6 Å². The molecule has 0 aliphatic carbocycles. The number of ether oxygens (including phenoxy) is 2. The molecule has 31 heavy (non-hydrogen) atoms. The summed E-state index contributed by atoms with van der Waals surface area (Å²) in [6.07, 6.45) is 0. The first-order chi connectivity index (χ1) is 14.7. The fraction of sp³-hybridized carbons (Fsp3) is 0.261. The number of benzene rings is 2. The average Bonchev–Trinajstić information content (AvgIpc) is 2.73. The van der Waals surface area contributed by atoms with Crippen molar-refractivity contribution in [2.45, 2.75) is 33.3 Å². The maximum Gasteiger partial charge on any atom is 0.222 e. The number of nitrogens with two attached hydrogens (primary N) is 2. The number of methoxy groups -OCH3 is 1. The van der Waals surface area contributed by atoms with Crippen LogP contribution in [0.2, 0.25) is 5.02 Å². The summed E-state index contributed by atoms with van der Waals surface area (Å²) in [5.41, 5.74) is 15.5. The van der Waals surface area contributed by atoms with Crippen molar-refractivity contribution in [1.29, 1.82) is 5.26 Å². The lowest BCUT2D eigenvalue weighted by atomic mass is 10.0. The molecule has 1 aromatic heterocycles. The third kappa shape index (κ3) is 4.65. The van der Waals surface area contributed by atoms with Gasteiger partial charge in [-0.2, -0.15) is 10.2 Å². The lowest BCUT2D eigenvalue weighted by molar-refractivity contribution is 0.292. The number of nitriles is 1. The van der Waals surface area contributed by atoms with Gasteiger partial charge in [-0.1, -0.05) is 25.4 Å². The van der Waals surface area contributed by atoms with Crippen LogP contribution in [-0.4, -0.2) is 17.1 Å². The van der Waals surface area contributed by atoms with Crippen LogP contribution < -0.4 is 20.9 Å². The molecule has 0 saturated carbocycles. The molecule has 0 unspecified atom stereocenters. The van der Waals surface area contributed by atoms with Gasteiger partial charge in [0.05, 0.1) is 12.8 Å². The van der Waals surface area contributed by atoms with Crippen LogP contribution in [0.1, 0.15) is 42.0 Å². The number of halogens is 1. The molecule has 4 N–H and O–H groups in total. The first-order valence-electron chi connectivity index (χ1n) is 9.68. The molecule has 0 amide bonds. The molecule has 0 saturated heterocycles. The molecular weight excluding hydrogens is 414 g/mol. The molecule has 8 heteroatoms. The smallest absolute Gasteiger partial charge is 0.222 e. The Balaban J connectivity index is 2.01. The van der Waals surface area contributed by atoms with E-state index in [1.807, 2.05) is 31.2 Å². The van der Waals surface area contributed by atoms with Crippen LogP contribution in [0.4, 0.5) is 11.8 Å². The van der Waals surface area contributed by atoms with Gasteiger partial charge in [0.1, 0.15) is 35.6 Å². The first kappa shape index (κ1) is 22.2. The molecule has 0 atom stereocenters. The van der Waals surface area contributed by atoms with E-state index in [-0.39, 0.29) is 29.9 Å². The highest BCUT2D eigenvalue weighted by Crippen LogP contribution is 2.34. The highest BCUT2D eigenvalue weighted by atomic mass is 35.5. The van der Waals surface area contributed by atoms with Gasteiger partial charge >= 0.3 is 0 Å². The Bertz CT molecular complexity index is 1170. The normalized spacial score (nSPS) is 10.7. The fourth-order valence-corrected chi connectivity index (χ4v) is 3.43. The second-order valence-electron chi connectivity index (χ2n) is 7.41. The maximum atomic E-state index is 9.49. The average molecular weight is 438 g/mol. The Morgan fingerprint density at radius 2 is 1.87 bits per heavy atom. The molecule has 2 aromatic carbocycles. The summed E-state index contributed by atoms with van der Waals surface area (Å²) in [4.78, 5) is 8.08. The summed E-state index contributed by atoms with van der Waals surface area (Å²) in [5, 5.41) is 10.2.